The van der Waals surface area contributed by atoms with Gasteiger partial charge >= 0.3 is 0 Å². The van der Waals surface area contributed by atoms with Crippen molar-refractivity contribution in [1.82, 2.24) is 25.1 Å². The number of amides is 1. The van der Waals surface area contributed by atoms with Crippen molar-refractivity contribution in [2.45, 2.75) is 12.8 Å². The third-order valence-electron chi connectivity index (χ3n) is 3.40. The third-order valence-corrected chi connectivity index (χ3v) is 4.29. The van der Waals surface area contributed by atoms with Crippen molar-refractivity contribution in [3.63, 3.8) is 0 Å². The first kappa shape index (κ1) is 12.7. The van der Waals surface area contributed by atoms with Gasteiger partial charge in [-0.2, -0.15) is 9.94 Å². The molecule has 0 aliphatic carbocycles. The molecule has 7 nitrogen and oxygen atoms in total. The number of nitrogens with zero attached hydrogens (tertiary/aromatic N) is 6. The molecule has 0 unspecified atom stereocenters. The number of carbonyl (C=O) groups excluding carboxylic acids is 1. The number of likely N-dealkylation sites (tertiary alicyclic amines) is 1. The van der Waals surface area contributed by atoms with Crippen LogP contribution in [0.4, 0.5) is 0 Å². The van der Waals surface area contributed by atoms with Gasteiger partial charge in [0.1, 0.15) is 11.2 Å². The molecule has 1 amide bonds. The van der Waals surface area contributed by atoms with E-state index in [0.717, 1.165) is 12.8 Å². The van der Waals surface area contributed by atoms with Crippen LogP contribution in [0, 0.1) is 17.2 Å². The Kier molecular flexibility index (Phi) is 3.43. The van der Waals surface area contributed by atoms with E-state index in [-0.39, 0.29) is 11.8 Å². The molecule has 0 N–H and O–H groups in total. The smallest absolute Gasteiger partial charge is 0.266 e. The predicted molar refractivity (Wildman–Crippen MR) is 71.3 cm³/mol. The molecular formula is C12H12N6OS. The van der Waals surface area contributed by atoms with Crippen molar-refractivity contribution in [1.29, 1.82) is 5.26 Å². The molecule has 3 rings (SSSR count). The summed E-state index contributed by atoms with van der Waals surface area (Å²) in [5.41, 5.74) is 0.701. The maximum absolute atomic E-state index is 12.5. The molecular weight excluding hydrogens is 276 g/mol. The average Bonchev–Trinajstić information content (AvgIpc) is 3.16. The molecule has 0 atom stereocenters. The van der Waals surface area contributed by atoms with E-state index in [9.17, 15) is 4.79 Å². The molecule has 1 aliphatic rings. The number of piperidine rings is 1. The summed E-state index contributed by atoms with van der Waals surface area (Å²) in [5.74, 6) is 0.0586. The van der Waals surface area contributed by atoms with Gasteiger partial charge in [0, 0.05) is 19.0 Å². The van der Waals surface area contributed by atoms with E-state index >= 15 is 0 Å². The monoisotopic (exact) mass is 288 g/mol. The van der Waals surface area contributed by atoms with Crippen LogP contribution < -0.4 is 0 Å². The van der Waals surface area contributed by atoms with Gasteiger partial charge in [0.25, 0.3) is 5.91 Å². The highest BCUT2D eigenvalue weighted by atomic mass is 32.1. The normalized spacial score (nSPS) is 16.1. The Bertz CT molecular complexity index is 635. The first-order valence-electron chi connectivity index (χ1n) is 6.29. The van der Waals surface area contributed by atoms with Gasteiger partial charge in [-0.05, 0) is 34.7 Å². The Morgan fingerprint density at radius 3 is 2.90 bits per heavy atom. The molecule has 0 saturated carbocycles. The second-order valence-electron chi connectivity index (χ2n) is 4.58. The Hall–Kier alpha value is -2.27. The van der Waals surface area contributed by atoms with Crippen LogP contribution in [0.2, 0.25) is 0 Å². The van der Waals surface area contributed by atoms with Crippen LogP contribution in [0.25, 0.3) is 5.69 Å². The first-order chi connectivity index (χ1) is 9.79. The fourth-order valence-electron chi connectivity index (χ4n) is 2.27. The van der Waals surface area contributed by atoms with Gasteiger partial charge in [-0.25, -0.2) is 0 Å². The van der Waals surface area contributed by atoms with Crippen molar-refractivity contribution in [3.05, 3.63) is 22.7 Å². The number of hydrogen-bond donors (Lipinski definition) is 0. The lowest BCUT2D eigenvalue weighted by Crippen LogP contribution is -2.38. The first-order valence-corrected chi connectivity index (χ1v) is 7.17. The molecule has 0 radical (unpaired) electrons. The van der Waals surface area contributed by atoms with E-state index in [1.54, 1.807) is 4.90 Å². The highest BCUT2D eigenvalue weighted by Crippen LogP contribution is 2.24. The minimum Gasteiger partial charge on any atom is -0.338 e. The molecule has 3 heterocycles. The largest absolute Gasteiger partial charge is 0.338 e. The molecule has 0 spiro atoms. The second kappa shape index (κ2) is 5.38. The number of carbonyl (C=O) groups is 1. The lowest BCUT2D eigenvalue weighted by Gasteiger charge is -2.29. The van der Waals surface area contributed by atoms with Gasteiger partial charge in [-0.15, -0.1) is 16.4 Å². The van der Waals surface area contributed by atoms with E-state index in [0.29, 0.717) is 23.7 Å². The lowest BCUT2D eigenvalue weighted by molar-refractivity contribution is 0.0712. The Morgan fingerprint density at radius 2 is 2.25 bits per heavy atom. The highest BCUT2D eigenvalue weighted by Gasteiger charge is 2.26. The standard InChI is InChI=1S/C12H12N6OS/c13-7-9-1-4-17(5-2-9)12(19)11-10(3-6-20-11)18-8-14-15-16-18/h3,6,8-9H,1-2,4-5H2. The average molecular weight is 288 g/mol. The van der Waals surface area contributed by atoms with Crippen molar-refractivity contribution in [2.24, 2.45) is 5.92 Å². The maximum Gasteiger partial charge on any atom is 0.266 e. The Balaban J connectivity index is 1.79. The lowest BCUT2D eigenvalue weighted by atomic mass is 9.98. The number of hydrogen-bond acceptors (Lipinski definition) is 6. The summed E-state index contributed by atoms with van der Waals surface area (Å²) in [5, 5.41) is 21.7. The molecule has 0 aromatic carbocycles. The number of aromatic nitrogens is 4. The van der Waals surface area contributed by atoms with Crippen LogP contribution in [-0.2, 0) is 0 Å². The van der Waals surface area contributed by atoms with Crippen molar-refractivity contribution in [3.8, 4) is 11.8 Å². The fourth-order valence-corrected chi connectivity index (χ4v) is 3.12. The zero-order valence-corrected chi connectivity index (χ0v) is 11.5. The molecule has 1 saturated heterocycles. The molecule has 102 valence electrons. The van der Waals surface area contributed by atoms with Gasteiger partial charge in [0.05, 0.1) is 11.8 Å². The predicted octanol–water partition coefficient (Wildman–Crippen LogP) is 1.10. The molecule has 0 bridgehead atoms. The quantitative estimate of drug-likeness (QED) is 0.825. The fraction of sp³-hybridized carbons (Fsp3) is 0.417. The van der Waals surface area contributed by atoms with Crippen molar-refractivity contribution >= 4 is 17.2 Å². The second-order valence-corrected chi connectivity index (χ2v) is 5.50. The number of tetrazole rings is 1. The molecule has 2 aromatic rings. The van der Waals surface area contributed by atoms with Gasteiger partial charge in [-0.3, -0.25) is 4.79 Å². The Morgan fingerprint density at radius 1 is 1.45 bits per heavy atom. The molecule has 1 aliphatic heterocycles. The SMILES string of the molecule is N#CC1CCN(C(=O)c2sccc2-n2cnnn2)CC1. The van der Waals surface area contributed by atoms with Crippen LogP contribution >= 0.6 is 11.3 Å². The summed E-state index contributed by atoms with van der Waals surface area (Å²) < 4.78 is 1.49. The maximum atomic E-state index is 12.5. The Labute approximate surface area is 119 Å². The third kappa shape index (κ3) is 2.28. The molecule has 20 heavy (non-hydrogen) atoms. The van der Waals surface area contributed by atoms with E-state index in [4.69, 9.17) is 5.26 Å². The van der Waals surface area contributed by atoms with E-state index < -0.39 is 0 Å². The summed E-state index contributed by atoms with van der Waals surface area (Å²) in [4.78, 5) is 15.0. The van der Waals surface area contributed by atoms with Gasteiger partial charge in [0.15, 0.2) is 0 Å². The summed E-state index contributed by atoms with van der Waals surface area (Å²) in [7, 11) is 0. The number of thiophene rings is 1. The molecule has 8 heteroatoms. The van der Waals surface area contributed by atoms with Gasteiger partial charge < -0.3 is 4.90 Å². The van der Waals surface area contributed by atoms with E-state index in [2.05, 4.69) is 21.6 Å². The van der Waals surface area contributed by atoms with Crippen LogP contribution in [0.1, 0.15) is 22.5 Å². The molecule has 2 aromatic heterocycles. The van der Waals surface area contributed by atoms with E-state index in [1.165, 1.54) is 22.3 Å². The summed E-state index contributed by atoms with van der Waals surface area (Å²) in [6, 6.07) is 4.10. The van der Waals surface area contributed by atoms with Crippen molar-refractivity contribution in [2.75, 3.05) is 13.1 Å². The minimum atomic E-state index is -0.0121. The van der Waals surface area contributed by atoms with Crippen molar-refractivity contribution < 1.29 is 4.79 Å². The zero-order chi connectivity index (χ0) is 13.9. The number of rotatable bonds is 2. The summed E-state index contributed by atoms with van der Waals surface area (Å²) in [6.07, 6.45) is 2.96. The van der Waals surface area contributed by atoms with Gasteiger partial charge in [0.2, 0.25) is 0 Å². The van der Waals surface area contributed by atoms with Crippen LogP contribution in [0.5, 0.6) is 0 Å². The highest BCUT2D eigenvalue weighted by molar-refractivity contribution is 7.12. The minimum absolute atomic E-state index is 0.0121. The zero-order valence-electron chi connectivity index (χ0n) is 10.6. The number of nitriles is 1. The summed E-state index contributed by atoms with van der Waals surface area (Å²) >= 11 is 1.38. The summed E-state index contributed by atoms with van der Waals surface area (Å²) in [6.45, 7) is 1.26. The van der Waals surface area contributed by atoms with Crippen LogP contribution in [-0.4, -0.2) is 44.1 Å². The van der Waals surface area contributed by atoms with Crippen LogP contribution in [0.15, 0.2) is 17.8 Å². The van der Waals surface area contributed by atoms with Crippen LogP contribution in [0.3, 0.4) is 0 Å². The molecule has 1 fully saturated rings. The van der Waals surface area contributed by atoms with E-state index in [1.807, 2.05) is 11.4 Å². The van der Waals surface area contributed by atoms with Gasteiger partial charge in [-0.1, -0.05) is 0 Å². The topological polar surface area (TPSA) is 87.7 Å².